The lowest BCUT2D eigenvalue weighted by Gasteiger charge is -2.28. The van der Waals surface area contributed by atoms with Crippen LogP contribution in [0.4, 0.5) is 5.69 Å². The summed E-state index contributed by atoms with van der Waals surface area (Å²) in [6.07, 6.45) is 0.578. The second-order valence-electron chi connectivity index (χ2n) is 7.44. The molecule has 0 aromatic heterocycles. The van der Waals surface area contributed by atoms with E-state index in [0.717, 1.165) is 0 Å². The normalized spacial score (nSPS) is 12.8. The van der Waals surface area contributed by atoms with Crippen LogP contribution in [0.25, 0.3) is 0 Å². The van der Waals surface area contributed by atoms with Crippen LogP contribution in [0.3, 0.4) is 0 Å². The molecule has 2 aromatic rings. The molecule has 0 amide bonds. The number of sulfonamides is 1. The molecule has 0 saturated carbocycles. The number of anilines is 1. The molecular weight excluding hydrogens is 376 g/mol. The summed E-state index contributed by atoms with van der Waals surface area (Å²) >= 11 is 0. The Hall–Kier alpha value is -2.25. The number of ether oxygens (including phenoxy) is 1. The fourth-order valence-electron chi connectivity index (χ4n) is 2.94. The topological polar surface area (TPSA) is 92.9 Å². The summed E-state index contributed by atoms with van der Waals surface area (Å²) in [6.45, 7) is 6.61. The third-order valence-corrected chi connectivity index (χ3v) is 6.31. The minimum absolute atomic E-state index is 0.0134. The van der Waals surface area contributed by atoms with Gasteiger partial charge >= 0.3 is 0 Å². The van der Waals surface area contributed by atoms with Crippen LogP contribution in [0, 0.1) is 11.8 Å². The van der Waals surface area contributed by atoms with E-state index in [4.69, 9.17) is 10.5 Å². The Morgan fingerprint density at radius 2 is 1.75 bits per heavy atom. The number of para-hydroxylation sites is 1. The van der Waals surface area contributed by atoms with E-state index in [-0.39, 0.29) is 34.7 Å². The van der Waals surface area contributed by atoms with Crippen LogP contribution in [0.1, 0.15) is 26.3 Å². The van der Waals surface area contributed by atoms with Crippen molar-refractivity contribution in [1.82, 2.24) is 0 Å². The molecule has 0 fully saturated rings. The predicted molar refractivity (Wildman–Crippen MR) is 112 cm³/mol. The number of nitrogens with zero attached hydrogens (tertiary/aromatic N) is 1. The molecule has 0 saturated heterocycles. The highest BCUT2D eigenvalue weighted by molar-refractivity contribution is 7.92. The maximum atomic E-state index is 13.4. The van der Waals surface area contributed by atoms with E-state index in [1.54, 1.807) is 30.3 Å². The highest BCUT2D eigenvalue weighted by atomic mass is 32.2. The Labute approximate surface area is 168 Å². The number of nitrogens with two attached hydrogens (primary N) is 1. The number of benzene rings is 2. The Morgan fingerprint density at radius 1 is 1.11 bits per heavy atom. The quantitative estimate of drug-likeness (QED) is 0.666. The van der Waals surface area contributed by atoms with E-state index in [2.05, 4.69) is 0 Å². The first-order valence-electron chi connectivity index (χ1n) is 9.38. The van der Waals surface area contributed by atoms with Gasteiger partial charge < -0.3 is 15.6 Å². The number of rotatable bonds is 9. The molecule has 6 nitrogen and oxygen atoms in total. The van der Waals surface area contributed by atoms with Crippen LogP contribution in [0.2, 0.25) is 0 Å². The molecular formula is C21H30N2O4S. The van der Waals surface area contributed by atoms with Gasteiger partial charge in [0, 0.05) is 6.54 Å². The maximum absolute atomic E-state index is 13.4. The number of methoxy groups -OCH3 is 1. The SMILES string of the molecule is COc1ccc(S(=O)(=O)N(CC(C)C)c2cccc(C[C@@H](C)CN)c2O)cc1. The van der Waals surface area contributed by atoms with Gasteiger partial charge in [-0.3, -0.25) is 4.31 Å². The van der Waals surface area contributed by atoms with Gasteiger partial charge in [0.15, 0.2) is 0 Å². The lowest BCUT2D eigenvalue weighted by molar-refractivity contribution is 0.414. The van der Waals surface area contributed by atoms with E-state index in [1.165, 1.54) is 23.5 Å². The Morgan fingerprint density at radius 3 is 2.29 bits per heavy atom. The molecule has 0 aliphatic rings. The van der Waals surface area contributed by atoms with E-state index in [0.29, 0.717) is 24.3 Å². The van der Waals surface area contributed by atoms with Crippen molar-refractivity contribution in [2.45, 2.75) is 32.1 Å². The average molecular weight is 407 g/mol. The zero-order valence-electron chi connectivity index (χ0n) is 16.9. The van der Waals surface area contributed by atoms with Gasteiger partial charge in [-0.1, -0.05) is 32.9 Å². The molecule has 0 heterocycles. The van der Waals surface area contributed by atoms with Crippen LogP contribution in [-0.2, 0) is 16.4 Å². The van der Waals surface area contributed by atoms with Crippen molar-refractivity contribution in [3.8, 4) is 11.5 Å². The van der Waals surface area contributed by atoms with Crippen molar-refractivity contribution in [2.24, 2.45) is 17.6 Å². The minimum atomic E-state index is -3.85. The van der Waals surface area contributed by atoms with Crippen molar-refractivity contribution < 1.29 is 18.3 Å². The molecule has 0 bridgehead atoms. The minimum Gasteiger partial charge on any atom is -0.505 e. The highest BCUT2D eigenvalue weighted by Gasteiger charge is 2.28. The Balaban J connectivity index is 2.52. The van der Waals surface area contributed by atoms with Gasteiger partial charge in [0.1, 0.15) is 11.5 Å². The second kappa shape index (κ2) is 9.30. The van der Waals surface area contributed by atoms with Crippen molar-refractivity contribution in [1.29, 1.82) is 0 Å². The second-order valence-corrected chi connectivity index (χ2v) is 9.30. The largest absolute Gasteiger partial charge is 0.505 e. The first kappa shape index (κ1) is 22.0. The Bertz CT molecular complexity index is 880. The van der Waals surface area contributed by atoms with Gasteiger partial charge in [0.2, 0.25) is 0 Å². The van der Waals surface area contributed by atoms with Crippen molar-refractivity contribution in [3.05, 3.63) is 48.0 Å². The van der Waals surface area contributed by atoms with Crippen molar-refractivity contribution in [2.75, 3.05) is 24.5 Å². The van der Waals surface area contributed by atoms with Gasteiger partial charge in [0.25, 0.3) is 10.0 Å². The monoisotopic (exact) mass is 406 g/mol. The summed E-state index contributed by atoms with van der Waals surface area (Å²) in [7, 11) is -2.33. The number of aromatic hydroxyl groups is 1. The predicted octanol–water partition coefficient (Wildman–Crippen LogP) is 3.39. The molecule has 0 spiro atoms. The molecule has 2 aromatic carbocycles. The lowest BCUT2D eigenvalue weighted by atomic mass is 10.00. The van der Waals surface area contributed by atoms with Crippen LogP contribution in [0.5, 0.6) is 11.5 Å². The molecule has 1 atom stereocenters. The molecule has 28 heavy (non-hydrogen) atoms. The first-order chi connectivity index (χ1) is 13.2. The van der Waals surface area contributed by atoms with Gasteiger partial charge in [-0.05, 0) is 60.7 Å². The zero-order valence-corrected chi connectivity index (χ0v) is 17.7. The summed E-state index contributed by atoms with van der Waals surface area (Å²) in [6, 6.07) is 11.5. The fraction of sp³-hybridized carbons (Fsp3) is 0.429. The molecule has 2 rings (SSSR count). The van der Waals surface area contributed by atoms with E-state index in [9.17, 15) is 13.5 Å². The van der Waals surface area contributed by atoms with Gasteiger partial charge in [0.05, 0.1) is 17.7 Å². The van der Waals surface area contributed by atoms with E-state index in [1.807, 2.05) is 20.8 Å². The molecule has 3 N–H and O–H groups in total. The van der Waals surface area contributed by atoms with Gasteiger partial charge in [-0.15, -0.1) is 0 Å². The fourth-order valence-corrected chi connectivity index (χ4v) is 4.57. The summed E-state index contributed by atoms with van der Waals surface area (Å²) in [5.74, 6) is 0.812. The summed E-state index contributed by atoms with van der Waals surface area (Å²) < 4.78 is 33.1. The summed E-state index contributed by atoms with van der Waals surface area (Å²) in [5, 5.41) is 10.8. The maximum Gasteiger partial charge on any atom is 0.264 e. The average Bonchev–Trinajstić information content (AvgIpc) is 2.67. The van der Waals surface area contributed by atoms with E-state index < -0.39 is 10.0 Å². The van der Waals surface area contributed by atoms with E-state index >= 15 is 0 Å². The summed E-state index contributed by atoms with van der Waals surface area (Å²) in [4.78, 5) is 0.147. The number of phenols is 1. The number of hydrogen-bond donors (Lipinski definition) is 2. The summed E-state index contributed by atoms with van der Waals surface area (Å²) in [5.41, 5.74) is 6.68. The van der Waals surface area contributed by atoms with Crippen LogP contribution < -0.4 is 14.8 Å². The smallest absolute Gasteiger partial charge is 0.264 e. The van der Waals surface area contributed by atoms with Crippen LogP contribution >= 0.6 is 0 Å². The molecule has 0 aliphatic carbocycles. The molecule has 0 radical (unpaired) electrons. The van der Waals surface area contributed by atoms with Crippen LogP contribution in [-0.4, -0.2) is 33.7 Å². The van der Waals surface area contributed by atoms with Crippen LogP contribution in [0.15, 0.2) is 47.4 Å². The lowest BCUT2D eigenvalue weighted by Crippen LogP contribution is -2.34. The number of phenolic OH excluding ortho intramolecular Hbond substituents is 1. The highest BCUT2D eigenvalue weighted by Crippen LogP contribution is 2.36. The Kier molecular flexibility index (Phi) is 7.32. The van der Waals surface area contributed by atoms with Crippen molar-refractivity contribution in [3.63, 3.8) is 0 Å². The standard InChI is InChI=1S/C21H30N2O4S/c1-15(2)14-23(28(25,26)19-10-8-18(27-4)9-11-19)20-7-5-6-17(21(20)24)12-16(3)13-22/h5-11,15-16,24H,12-14,22H2,1-4H3/t16-/m1/s1. The van der Waals surface area contributed by atoms with Crippen molar-refractivity contribution >= 4 is 15.7 Å². The molecule has 7 heteroatoms. The molecule has 154 valence electrons. The van der Waals surface area contributed by atoms with Gasteiger partial charge in [-0.25, -0.2) is 8.42 Å². The third-order valence-electron chi connectivity index (χ3n) is 4.52. The zero-order chi connectivity index (χ0) is 20.9. The van der Waals surface area contributed by atoms with Gasteiger partial charge in [-0.2, -0.15) is 0 Å². The number of hydrogen-bond acceptors (Lipinski definition) is 5. The first-order valence-corrected chi connectivity index (χ1v) is 10.8. The molecule has 0 aliphatic heterocycles. The molecule has 0 unspecified atom stereocenters. The third kappa shape index (κ3) is 4.97.